The van der Waals surface area contributed by atoms with Gasteiger partial charge in [-0.2, -0.15) is 10.5 Å². The van der Waals surface area contributed by atoms with E-state index < -0.39 is 5.91 Å². The minimum absolute atomic E-state index is 0.0846. The van der Waals surface area contributed by atoms with E-state index in [1.165, 1.54) is 6.08 Å². The normalized spacial score (nSPS) is 10.6. The molecule has 0 aliphatic heterocycles. The van der Waals surface area contributed by atoms with Crippen LogP contribution in [0.5, 0.6) is 17.2 Å². The smallest absolute Gasteiger partial charge is 0.262 e. The summed E-state index contributed by atoms with van der Waals surface area (Å²) in [6, 6.07) is 21.7. The van der Waals surface area contributed by atoms with Crippen LogP contribution in [0.2, 0.25) is 5.02 Å². The molecule has 0 bridgehead atoms. The summed E-state index contributed by atoms with van der Waals surface area (Å²) in [5.74, 6) is 0.870. The number of nitrogens with zero attached hydrogens (tertiary/aromatic N) is 2. The molecule has 8 heteroatoms. The summed E-state index contributed by atoms with van der Waals surface area (Å²) in [6.07, 6.45) is 1.44. The van der Waals surface area contributed by atoms with Gasteiger partial charge in [-0.3, -0.25) is 4.79 Å². The fourth-order valence-corrected chi connectivity index (χ4v) is 3.59. The van der Waals surface area contributed by atoms with Gasteiger partial charge in [0.05, 0.1) is 30.4 Å². The van der Waals surface area contributed by atoms with Crippen molar-refractivity contribution in [1.82, 2.24) is 5.32 Å². The first-order chi connectivity index (χ1) is 17.5. The fraction of sp³-hybridized carbons (Fsp3) is 0.179. The number of methoxy groups -OCH3 is 1. The first-order valence-corrected chi connectivity index (χ1v) is 11.5. The molecular formula is C28H24ClN3O4. The maximum absolute atomic E-state index is 12.6. The van der Waals surface area contributed by atoms with Gasteiger partial charge in [0.15, 0.2) is 11.5 Å². The van der Waals surface area contributed by atoms with Crippen molar-refractivity contribution in [1.29, 1.82) is 10.5 Å². The van der Waals surface area contributed by atoms with Gasteiger partial charge in [0.2, 0.25) is 0 Å². The Kier molecular flexibility index (Phi) is 9.33. The Labute approximate surface area is 215 Å². The molecule has 0 spiro atoms. The van der Waals surface area contributed by atoms with Gasteiger partial charge in [0.25, 0.3) is 5.91 Å². The molecule has 0 fully saturated rings. The number of carbonyl (C=O) groups excluding carboxylic acids is 1. The van der Waals surface area contributed by atoms with E-state index in [-0.39, 0.29) is 23.7 Å². The second-order valence-corrected chi connectivity index (χ2v) is 7.93. The third-order valence-electron chi connectivity index (χ3n) is 5.13. The lowest BCUT2D eigenvalue weighted by Crippen LogP contribution is -2.23. The first kappa shape index (κ1) is 26.2. The number of halogens is 1. The van der Waals surface area contributed by atoms with Crippen molar-refractivity contribution in [3.8, 4) is 29.4 Å². The van der Waals surface area contributed by atoms with Gasteiger partial charge in [-0.05, 0) is 54.5 Å². The molecule has 3 aromatic carbocycles. The second kappa shape index (κ2) is 12.9. The van der Waals surface area contributed by atoms with Crippen LogP contribution in [0.4, 0.5) is 0 Å². The molecular weight excluding hydrogens is 478 g/mol. The lowest BCUT2D eigenvalue weighted by molar-refractivity contribution is -0.117. The standard InChI is InChI=1S/C28H24ClN3O4/c1-3-35-26-14-20(13-25(29)27(26)36-18-22-7-5-4-6-21(22)15-30)12-23(16-31)28(33)32-17-19-8-10-24(34-2)11-9-19/h4-14H,3,17-18H2,1-2H3,(H,32,33)/b23-12-. The molecule has 0 radical (unpaired) electrons. The van der Waals surface area contributed by atoms with Gasteiger partial charge in [0, 0.05) is 12.1 Å². The van der Waals surface area contributed by atoms with Crippen molar-refractivity contribution in [2.75, 3.05) is 13.7 Å². The van der Waals surface area contributed by atoms with Crippen LogP contribution in [-0.4, -0.2) is 19.6 Å². The molecule has 0 heterocycles. The SMILES string of the molecule is CCOc1cc(/C=C(/C#N)C(=O)NCc2ccc(OC)cc2)cc(Cl)c1OCc1ccccc1C#N. The largest absolute Gasteiger partial charge is 0.497 e. The van der Waals surface area contributed by atoms with Crippen molar-refractivity contribution in [3.05, 3.63) is 93.5 Å². The topological polar surface area (TPSA) is 104 Å². The van der Waals surface area contributed by atoms with Crippen LogP contribution in [0.1, 0.15) is 29.2 Å². The minimum Gasteiger partial charge on any atom is -0.497 e. The summed E-state index contributed by atoms with van der Waals surface area (Å²) < 4.78 is 16.7. The highest BCUT2D eigenvalue weighted by Gasteiger charge is 2.15. The number of hydrogen-bond acceptors (Lipinski definition) is 6. The van der Waals surface area contributed by atoms with Crippen LogP contribution < -0.4 is 19.5 Å². The maximum Gasteiger partial charge on any atom is 0.262 e. The van der Waals surface area contributed by atoms with E-state index in [9.17, 15) is 15.3 Å². The third-order valence-corrected chi connectivity index (χ3v) is 5.41. The fourth-order valence-electron chi connectivity index (χ4n) is 3.32. The summed E-state index contributed by atoms with van der Waals surface area (Å²) in [5, 5.41) is 21.8. The summed E-state index contributed by atoms with van der Waals surface area (Å²) >= 11 is 6.49. The molecule has 0 aliphatic rings. The molecule has 36 heavy (non-hydrogen) atoms. The molecule has 0 saturated heterocycles. The molecule has 0 atom stereocenters. The zero-order valence-electron chi connectivity index (χ0n) is 19.9. The monoisotopic (exact) mass is 501 g/mol. The first-order valence-electron chi connectivity index (χ1n) is 11.1. The quantitative estimate of drug-likeness (QED) is 0.294. The number of carbonyl (C=O) groups is 1. The highest BCUT2D eigenvalue weighted by Crippen LogP contribution is 2.38. The molecule has 1 N–H and O–H groups in total. The van der Waals surface area contributed by atoms with Gasteiger partial charge < -0.3 is 19.5 Å². The van der Waals surface area contributed by atoms with Crippen LogP contribution in [0.15, 0.2) is 66.2 Å². The average molecular weight is 502 g/mol. The third kappa shape index (κ3) is 6.79. The summed E-state index contributed by atoms with van der Waals surface area (Å²) in [4.78, 5) is 12.6. The summed E-state index contributed by atoms with van der Waals surface area (Å²) in [7, 11) is 1.58. The number of nitrogens with one attached hydrogen (secondary N) is 1. The van der Waals surface area contributed by atoms with Crippen molar-refractivity contribution < 1.29 is 19.0 Å². The van der Waals surface area contributed by atoms with E-state index in [2.05, 4.69) is 11.4 Å². The Morgan fingerprint density at radius 2 is 1.83 bits per heavy atom. The number of nitriles is 2. The lowest BCUT2D eigenvalue weighted by Gasteiger charge is -2.15. The van der Waals surface area contributed by atoms with Gasteiger partial charge in [0.1, 0.15) is 24.0 Å². The van der Waals surface area contributed by atoms with Gasteiger partial charge in [-0.15, -0.1) is 0 Å². The van der Waals surface area contributed by atoms with Crippen LogP contribution in [0.25, 0.3) is 6.08 Å². The Morgan fingerprint density at radius 3 is 2.50 bits per heavy atom. The molecule has 182 valence electrons. The van der Waals surface area contributed by atoms with E-state index in [4.69, 9.17) is 25.8 Å². The molecule has 7 nitrogen and oxygen atoms in total. The lowest BCUT2D eigenvalue weighted by atomic mass is 10.1. The predicted octanol–water partition coefficient (Wildman–Crippen LogP) is 5.42. The zero-order chi connectivity index (χ0) is 25.9. The second-order valence-electron chi connectivity index (χ2n) is 7.52. The Balaban J connectivity index is 1.78. The van der Waals surface area contributed by atoms with Crippen molar-refractivity contribution in [3.63, 3.8) is 0 Å². The average Bonchev–Trinajstić information content (AvgIpc) is 2.90. The van der Waals surface area contributed by atoms with Crippen LogP contribution in [0.3, 0.4) is 0 Å². The molecule has 3 rings (SSSR count). The number of hydrogen-bond donors (Lipinski definition) is 1. The highest BCUT2D eigenvalue weighted by atomic mass is 35.5. The number of benzene rings is 3. The van der Waals surface area contributed by atoms with E-state index in [0.29, 0.717) is 40.5 Å². The number of rotatable bonds is 10. The summed E-state index contributed by atoms with van der Waals surface area (Å²) in [6.45, 7) is 2.54. The van der Waals surface area contributed by atoms with Crippen LogP contribution in [0, 0.1) is 22.7 Å². The number of amides is 1. The van der Waals surface area contributed by atoms with Crippen LogP contribution >= 0.6 is 11.6 Å². The Hall–Kier alpha value is -4.46. The molecule has 3 aromatic rings. The Morgan fingerprint density at radius 1 is 1.08 bits per heavy atom. The molecule has 0 aliphatic carbocycles. The van der Waals surface area contributed by atoms with Gasteiger partial charge in [-0.1, -0.05) is 41.9 Å². The zero-order valence-corrected chi connectivity index (χ0v) is 20.6. The molecule has 0 unspecified atom stereocenters. The predicted molar refractivity (Wildman–Crippen MR) is 137 cm³/mol. The van der Waals surface area contributed by atoms with E-state index >= 15 is 0 Å². The van der Waals surface area contributed by atoms with Crippen LogP contribution in [-0.2, 0) is 17.9 Å². The molecule has 0 saturated carbocycles. The highest BCUT2D eigenvalue weighted by molar-refractivity contribution is 6.32. The van der Waals surface area contributed by atoms with E-state index in [1.807, 2.05) is 31.2 Å². The summed E-state index contributed by atoms with van der Waals surface area (Å²) in [5.41, 5.74) is 2.50. The van der Waals surface area contributed by atoms with E-state index in [1.54, 1.807) is 49.6 Å². The maximum atomic E-state index is 12.6. The van der Waals surface area contributed by atoms with Crippen molar-refractivity contribution in [2.45, 2.75) is 20.1 Å². The van der Waals surface area contributed by atoms with Crippen molar-refractivity contribution >= 4 is 23.6 Å². The van der Waals surface area contributed by atoms with Crippen molar-refractivity contribution in [2.24, 2.45) is 0 Å². The molecule has 1 amide bonds. The minimum atomic E-state index is -0.518. The Bertz CT molecular complexity index is 1340. The van der Waals surface area contributed by atoms with Gasteiger partial charge in [-0.25, -0.2) is 0 Å². The number of ether oxygens (including phenoxy) is 3. The van der Waals surface area contributed by atoms with E-state index in [0.717, 1.165) is 5.56 Å². The molecule has 0 aromatic heterocycles. The van der Waals surface area contributed by atoms with Gasteiger partial charge >= 0.3 is 0 Å².